The summed E-state index contributed by atoms with van der Waals surface area (Å²) < 4.78 is 0. The monoisotopic (exact) mass is 580 g/mol. The first kappa shape index (κ1) is 30.8. The summed E-state index contributed by atoms with van der Waals surface area (Å²) in [6.45, 7) is 0. The van der Waals surface area contributed by atoms with Crippen LogP contribution in [0, 0.1) is 61.4 Å². The predicted molar refractivity (Wildman–Crippen MR) is 155 cm³/mol. The average molecular weight is 580 g/mol. The van der Waals surface area contributed by atoms with Crippen LogP contribution in [0.15, 0.2) is 97.1 Å². The second-order valence-electron chi connectivity index (χ2n) is 8.29. The third-order valence-corrected chi connectivity index (χ3v) is 9.20. The minimum Gasteiger partial charge on any atom is -0.399 e. The number of hydrogen-bond donors (Lipinski definition) is 4. The largest absolute Gasteiger partial charge is 0.399 e. The fraction of sp³-hybridized carbons (Fsp3) is 0. The van der Waals surface area contributed by atoms with Crippen molar-refractivity contribution in [1.82, 2.24) is 0 Å². The molecule has 0 atom stereocenters. The van der Waals surface area contributed by atoms with E-state index in [1.165, 1.54) is 0 Å². The van der Waals surface area contributed by atoms with Gasteiger partial charge < -0.3 is 22.9 Å². The molecule has 10 nitrogen and oxygen atoms in total. The average Bonchev–Trinajstić information content (AvgIpc) is 3.02. The van der Waals surface area contributed by atoms with Crippen molar-refractivity contribution in [3.8, 4) is 52.1 Å². The van der Waals surface area contributed by atoms with E-state index in [9.17, 15) is 0 Å². The molecule has 8 N–H and O–H groups in total. The van der Waals surface area contributed by atoms with Crippen LogP contribution in [0.3, 0.4) is 0 Å². The zero-order valence-corrected chi connectivity index (χ0v) is 22.7. The minimum atomic E-state index is -6.17. The minimum absolute atomic E-state index is 0.782. The number of nitriles is 6. The van der Waals surface area contributed by atoms with E-state index in [1.807, 2.05) is 97.1 Å². The summed E-state index contributed by atoms with van der Waals surface area (Å²) in [6.07, 6.45) is 0. The van der Waals surface area contributed by atoms with Crippen molar-refractivity contribution in [3.63, 3.8) is 0 Å². The van der Waals surface area contributed by atoms with Crippen molar-refractivity contribution < 1.29 is 10.7 Å². The van der Waals surface area contributed by atoms with E-state index in [-0.39, 0.29) is 0 Å². The number of rotatable bonds is 2. The molecule has 11 heteroatoms. The maximum absolute atomic E-state index is 8.58. The van der Waals surface area contributed by atoms with Gasteiger partial charge in [-0.2, -0.15) is 0 Å². The second-order valence-corrected chi connectivity index (χ2v) is 13.9. The molecule has 0 aliphatic carbocycles. The van der Waals surface area contributed by atoms with Crippen LogP contribution in [0.2, 0.25) is 0 Å². The summed E-state index contributed by atoms with van der Waals surface area (Å²) in [5.41, 5.74) is 30.2. The predicted octanol–water partition coefficient (Wildman–Crippen LogP) is 5.13. The SMILES string of the molecule is N#[C][Fe]([C]#N)([C]#N)([C]#N)([C]#N)[C]#N.Nc1ccc(-c2ccc(N)cc2)cc1.Nc1ccc(-c2ccc(N)cc2)cc1. The van der Waals surface area contributed by atoms with Crippen molar-refractivity contribution in [2.75, 3.05) is 22.9 Å². The second kappa shape index (κ2) is 11.9. The molecular weight excluding hydrogens is 556 g/mol. The summed E-state index contributed by atoms with van der Waals surface area (Å²) in [6, 6.07) is 31.2. The third-order valence-electron chi connectivity index (χ3n) is 5.50. The Morgan fingerprint density at radius 2 is 0.463 bits per heavy atom. The van der Waals surface area contributed by atoms with Crippen LogP contribution in [0.1, 0.15) is 0 Å². The smallest absolute Gasteiger partial charge is 0.0314 e. The Balaban J connectivity index is 0.000000216. The van der Waals surface area contributed by atoms with Crippen LogP contribution in [-0.2, 0) is 10.7 Å². The Bertz CT molecular complexity index is 1480. The van der Waals surface area contributed by atoms with E-state index in [0.29, 0.717) is 0 Å². The van der Waals surface area contributed by atoms with Gasteiger partial charge in [0.1, 0.15) is 0 Å². The fourth-order valence-electron chi connectivity index (χ4n) is 2.97. The first-order chi connectivity index (χ1) is 19.5. The van der Waals surface area contributed by atoms with E-state index in [1.54, 1.807) is 0 Å². The fourth-order valence-corrected chi connectivity index (χ4v) is 3.80. The third kappa shape index (κ3) is 6.52. The molecule has 0 amide bonds. The molecular formula is C30H24FeN10. The van der Waals surface area contributed by atoms with Crippen molar-refractivity contribution in [2.45, 2.75) is 0 Å². The Morgan fingerprint density at radius 1 is 0.317 bits per heavy atom. The number of benzene rings is 4. The van der Waals surface area contributed by atoms with Crippen LogP contribution in [-0.4, -0.2) is 0 Å². The summed E-state index contributed by atoms with van der Waals surface area (Å²) in [7, 11) is -6.17. The molecule has 0 aromatic heterocycles. The molecule has 202 valence electrons. The molecule has 0 heterocycles. The van der Waals surface area contributed by atoms with E-state index >= 15 is 0 Å². The van der Waals surface area contributed by atoms with Gasteiger partial charge >= 0.3 is 72.1 Å². The zero-order valence-electron chi connectivity index (χ0n) is 21.6. The molecule has 0 aliphatic rings. The molecule has 0 aliphatic heterocycles. The summed E-state index contributed by atoms with van der Waals surface area (Å²) >= 11 is 0. The molecule has 4 rings (SSSR count). The van der Waals surface area contributed by atoms with Gasteiger partial charge in [0.25, 0.3) is 0 Å². The topological polar surface area (TPSA) is 247 Å². The number of hydrogen-bond acceptors (Lipinski definition) is 10. The molecule has 0 saturated heterocycles. The van der Waals surface area contributed by atoms with Crippen molar-refractivity contribution in [3.05, 3.63) is 97.1 Å². The van der Waals surface area contributed by atoms with Crippen LogP contribution < -0.4 is 22.9 Å². The van der Waals surface area contributed by atoms with Crippen LogP contribution in [0.4, 0.5) is 22.7 Å². The number of nitrogens with zero attached hydrogens (tertiary/aromatic N) is 6. The van der Waals surface area contributed by atoms with Crippen molar-refractivity contribution in [2.24, 2.45) is 0 Å². The molecule has 0 fully saturated rings. The van der Waals surface area contributed by atoms with Crippen LogP contribution in [0.5, 0.6) is 0 Å². The number of nitrogen functional groups attached to an aromatic ring is 4. The maximum Gasteiger partial charge on any atom is 0.0314 e. The maximum atomic E-state index is 8.58. The van der Waals surface area contributed by atoms with Gasteiger partial charge in [-0.3, -0.25) is 0 Å². The Labute approximate surface area is 236 Å². The zero-order chi connectivity index (χ0) is 30.6. The van der Waals surface area contributed by atoms with Gasteiger partial charge in [0.2, 0.25) is 0 Å². The molecule has 0 bridgehead atoms. The molecule has 0 radical (unpaired) electrons. The van der Waals surface area contributed by atoms with E-state index in [4.69, 9.17) is 54.5 Å². The Morgan fingerprint density at radius 3 is 0.561 bits per heavy atom. The van der Waals surface area contributed by atoms with Gasteiger partial charge in [-0.05, 0) is 70.8 Å². The van der Waals surface area contributed by atoms with Gasteiger partial charge in [-0.25, -0.2) is 0 Å². The van der Waals surface area contributed by atoms with E-state index in [0.717, 1.165) is 74.8 Å². The van der Waals surface area contributed by atoms with Crippen molar-refractivity contribution in [1.29, 1.82) is 31.6 Å². The molecule has 4 aromatic carbocycles. The standard InChI is InChI=1S/2C12H12N2.6CN.Fe/c2*13-11-5-1-9(2-6-11)10-3-7-12(14)8-4-10;6*1-2;/h2*1-8H,13-14H2;;;;;;;. The summed E-state index contributed by atoms with van der Waals surface area (Å²) in [4.78, 5) is 6.19. The van der Waals surface area contributed by atoms with Gasteiger partial charge in [-0.15, -0.1) is 0 Å². The van der Waals surface area contributed by atoms with Crippen LogP contribution >= 0.6 is 0 Å². The summed E-state index contributed by atoms with van der Waals surface area (Å²) in [5.74, 6) is 0. The molecule has 0 spiro atoms. The van der Waals surface area contributed by atoms with Crippen LogP contribution in [0.25, 0.3) is 22.3 Å². The molecule has 0 saturated carbocycles. The number of anilines is 4. The van der Waals surface area contributed by atoms with Gasteiger partial charge in [0.15, 0.2) is 0 Å². The van der Waals surface area contributed by atoms with Gasteiger partial charge in [-0.1, -0.05) is 48.5 Å². The quantitative estimate of drug-likeness (QED) is 0.180. The van der Waals surface area contributed by atoms with Crippen molar-refractivity contribution >= 4 is 22.7 Å². The Kier molecular flexibility index (Phi) is 8.96. The normalized spacial score (nSPS) is 11.1. The van der Waals surface area contributed by atoms with Gasteiger partial charge in [0, 0.05) is 22.7 Å². The molecule has 41 heavy (non-hydrogen) atoms. The molecule has 4 aromatic rings. The summed E-state index contributed by atoms with van der Waals surface area (Å²) in [5, 5.41) is 51.5. The van der Waals surface area contributed by atoms with E-state index < -0.39 is 10.7 Å². The first-order valence-electron chi connectivity index (χ1n) is 11.3. The van der Waals surface area contributed by atoms with Gasteiger partial charge in [0.05, 0.1) is 0 Å². The first-order valence-corrected chi connectivity index (χ1v) is 14.7. The molecule has 0 unspecified atom stereocenters. The number of nitrogens with two attached hydrogens (primary N) is 4. The van der Waals surface area contributed by atoms with E-state index in [2.05, 4.69) is 0 Å². The Hall–Kier alpha value is -6.46.